The molecule has 0 radical (unpaired) electrons. The number of hydrazone groups is 1. The van der Waals surface area contributed by atoms with Gasteiger partial charge in [0.2, 0.25) is 0 Å². The smallest absolute Gasteiger partial charge is 0.438 e. The quantitative estimate of drug-likeness (QED) is 0.800. The van der Waals surface area contributed by atoms with E-state index in [0.717, 1.165) is 11.1 Å². The van der Waals surface area contributed by atoms with Crippen LogP contribution in [0.2, 0.25) is 0 Å². The summed E-state index contributed by atoms with van der Waals surface area (Å²) in [6.45, 7) is 3.03. The molecule has 1 heterocycles. The largest absolute Gasteiger partial charge is 0.497 e. The molecule has 0 spiro atoms. The Balaban J connectivity index is 1.86. The van der Waals surface area contributed by atoms with Crippen LogP contribution in [0.1, 0.15) is 23.1 Å². The first-order valence-electron chi connectivity index (χ1n) is 9.09. The molecular formula is C21H21F3N2O4. The molecule has 1 aliphatic rings. The molecular weight excluding hydrogens is 401 g/mol. The van der Waals surface area contributed by atoms with Crippen LogP contribution in [0.5, 0.6) is 11.5 Å². The zero-order chi connectivity index (χ0) is 22.1. The average molecular weight is 422 g/mol. The molecule has 3 rings (SSSR count). The number of benzene rings is 2. The molecule has 2 aromatic rings. The van der Waals surface area contributed by atoms with Crippen molar-refractivity contribution in [3.63, 3.8) is 0 Å². The first-order chi connectivity index (χ1) is 14.0. The van der Waals surface area contributed by atoms with Crippen molar-refractivity contribution >= 4 is 11.6 Å². The van der Waals surface area contributed by atoms with E-state index in [9.17, 15) is 23.1 Å². The summed E-state index contributed by atoms with van der Waals surface area (Å²) >= 11 is 0. The van der Waals surface area contributed by atoms with E-state index in [1.54, 1.807) is 30.3 Å². The van der Waals surface area contributed by atoms with Gasteiger partial charge in [0.25, 0.3) is 11.6 Å². The zero-order valence-electron chi connectivity index (χ0n) is 16.7. The Morgan fingerprint density at radius 1 is 1.17 bits per heavy atom. The Morgan fingerprint density at radius 2 is 1.90 bits per heavy atom. The molecule has 1 aliphatic heterocycles. The van der Waals surface area contributed by atoms with Gasteiger partial charge in [-0.05, 0) is 49.2 Å². The van der Waals surface area contributed by atoms with E-state index in [1.807, 2.05) is 13.8 Å². The van der Waals surface area contributed by atoms with Crippen LogP contribution < -0.4 is 9.47 Å². The van der Waals surface area contributed by atoms with Crippen LogP contribution in [0.3, 0.4) is 0 Å². The Morgan fingerprint density at radius 3 is 2.53 bits per heavy atom. The molecule has 160 valence electrons. The van der Waals surface area contributed by atoms with Crippen LogP contribution in [-0.2, 0) is 4.79 Å². The third kappa shape index (κ3) is 4.11. The molecule has 2 aromatic carbocycles. The Kier molecular flexibility index (Phi) is 5.76. The SMILES string of the molecule is COc1cccc(C2=NN(C(=O)COc3ccc(C)c(C)c3)[C@](O)(C(F)(F)F)C2)c1. The van der Waals surface area contributed by atoms with Crippen molar-refractivity contribution in [1.29, 1.82) is 0 Å². The van der Waals surface area contributed by atoms with E-state index in [2.05, 4.69) is 5.10 Å². The molecule has 0 saturated heterocycles. The predicted octanol–water partition coefficient (Wildman–Crippen LogP) is 3.58. The van der Waals surface area contributed by atoms with E-state index in [-0.39, 0.29) is 10.7 Å². The Hall–Kier alpha value is -3.07. The highest BCUT2D eigenvalue weighted by atomic mass is 19.4. The van der Waals surface area contributed by atoms with Crippen molar-refractivity contribution in [2.24, 2.45) is 5.10 Å². The number of aliphatic hydroxyl groups is 1. The summed E-state index contributed by atoms with van der Waals surface area (Å²) in [4.78, 5) is 12.5. The summed E-state index contributed by atoms with van der Waals surface area (Å²) in [6.07, 6.45) is -6.02. The summed E-state index contributed by atoms with van der Waals surface area (Å²) in [5.74, 6) is -0.377. The van der Waals surface area contributed by atoms with Gasteiger partial charge in [-0.1, -0.05) is 18.2 Å². The van der Waals surface area contributed by atoms with Gasteiger partial charge in [-0.3, -0.25) is 4.79 Å². The molecule has 9 heteroatoms. The van der Waals surface area contributed by atoms with Gasteiger partial charge in [0.1, 0.15) is 11.5 Å². The van der Waals surface area contributed by atoms with E-state index in [1.165, 1.54) is 19.2 Å². The van der Waals surface area contributed by atoms with Gasteiger partial charge in [0.05, 0.1) is 19.2 Å². The summed E-state index contributed by atoms with van der Waals surface area (Å²) in [5, 5.41) is 14.2. The van der Waals surface area contributed by atoms with Crippen LogP contribution in [0.15, 0.2) is 47.6 Å². The van der Waals surface area contributed by atoms with Gasteiger partial charge in [0, 0.05) is 5.56 Å². The Labute approximate surface area is 171 Å². The summed E-state index contributed by atoms with van der Waals surface area (Å²) in [5.41, 5.74) is -1.33. The summed E-state index contributed by atoms with van der Waals surface area (Å²) in [6, 6.07) is 11.3. The lowest BCUT2D eigenvalue weighted by molar-refractivity contribution is -0.302. The molecule has 0 aromatic heterocycles. The summed E-state index contributed by atoms with van der Waals surface area (Å²) in [7, 11) is 1.42. The van der Waals surface area contributed by atoms with Crippen LogP contribution in [0.4, 0.5) is 13.2 Å². The lowest BCUT2D eigenvalue weighted by atomic mass is 10.0. The Bertz CT molecular complexity index is 990. The topological polar surface area (TPSA) is 71.4 Å². The molecule has 0 fully saturated rings. The first kappa shape index (κ1) is 21.6. The normalized spacial score (nSPS) is 18.9. The fraction of sp³-hybridized carbons (Fsp3) is 0.333. The molecule has 1 atom stereocenters. The highest BCUT2D eigenvalue weighted by Crippen LogP contribution is 2.41. The highest BCUT2D eigenvalue weighted by Gasteiger charge is 2.63. The molecule has 1 N–H and O–H groups in total. The maximum Gasteiger partial charge on any atom is 0.438 e. The third-order valence-electron chi connectivity index (χ3n) is 4.92. The number of rotatable bonds is 5. The number of hydrogen-bond acceptors (Lipinski definition) is 5. The molecule has 30 heavy (non-hydrogen) atoms. The van der Waals surface area contributed by atoms with E-state index in [4.69, 9.17) is 9.47 Å². The molecule has 0 aliphatic carbocycles. The number of hydrogen-bond donors (Lipinski definition) is 1. The van der Waals surface area contributed by atoms with Gasteiger partial charge < -0.3 is 14.6 Å². The second kappa shape index (κ2) is 7.98. The predicted molar refractivity (Wildman–Crippen MR) is 103 cm³/mol. The highest BCUT2D eigenvalue weighted by molar-refractivity contribution is 6.03. The zero-order valence-corrected chi connectivity index (χ0v) is 16.7. The molecule has 6 nitrogen and oxygen atoms in total. The number of aryl methyl sites for hydroxylation is 2. The van der Waals surface area contributed by atoms with E-state index < -0.39 is 30.8 Å². The van der Waals surface area contributed by atoms with Crippen LogP contribution >= 0.6 is 0 Å². The lowest BCUT2D eigenvalue weighted by Crippen LogP contribution is -2.57. The van der Waals surface area contributed by atoms with Crippen molar-refractivity contribution in [2.75, 3.05) is 13.7 Å². The number of carbonyl (C=O) groups excluding carboxylic acids is 1. The molecule has 0 unspecified atom stereocenters. The minimum absolute atomic E-state index is 0.0584. The van der Waals surface area contributed by atoms with Crippen LogP contribution in [0, 0.1) is 13.8 Å². The second-order valence-corrected chi connectivity index (χ2v) is 7.01. The maximum absolute atomic E-state index is 13.7. The molecule has 1 amide bonds. The number of carbonyl (C=O) groups is 1. The third-order valence-corrected chi connectivity index (χ3v) is 4.92. The molecule has 0 saturated carbocycles. The number of nitrogens with zero attached hydrogens (tertiary/aromatic N) is 2. The maximum atomic E-state index is 13.7. The van der Waals surface area contributed by atoms with Crippen molar-refractivity contribution in [3.8, 4) is 11.5 Å². The monoisotopic (exact) mass is 422 g/mol. The van der Waals surface area contributed by atoms with Crippen LogP contribution in [0.25, 0.3) is 0 Å². The number of ether oxygens (including phenoxy) is 2. The summed E-state index contributed by atoms with van der Waals surface area (Å²) < 4.78 is 51.4. The van der Waals surface area contributed by atoms with Gasteiger partial charge >= 0.3 is 6.18 Å². The number of halogens is 3. The van der Waals surface area contributed by atoms with E-state index in [0.29, 0.717) is 17.1 Å². The lowest BCUT2D eigenvalue weighted by Gasteiger charge is -2.32. The second-order valence-electron chi connectivity index (χ2n) is 7.01. The van der Waals surface area contributed by atoms with Crippen molar-refractivity contribution in [3.05, 3.63) is 59.2 Å². The molecule has 0 bridgehead atoms. The fourth-order valence-corrected chi connectivity index (χ4v) is 3.00. The van der Waals surface area contributed by atoms with Crippen molar-refractivity contribution < 1.29 is 32.5 Å². The number of amides is 1. The first-order valence-corrected chi connectivity index (χ1v) is 9.09. The fourth-order valence-electron chi connectivity index (χ4n) is 3.00. The van der Waals surface area contributed by atoms with E-state index >= 15 is 0 Å². The van der Waals surface area contributed by atoms with Gasteiger partial charge in [-0.15, -0.1) is 0 Å². The minimum atomic E-state index is -5.12. The van der Waals surface area contributed by atoms with Crippen molar-refractivity contribution in [1.82, 2.24) is 5.01 Å². The van der Waals surface area contributed by atoms with Gasteiger partial charge in [-0.2, -0.15) is 23.3 Å². The minimum Gasteiger partial charge on any atom is -0.497 e. The average Bonchev–Trinajstić information content (AvgIpc) is 3.08. The van der Waals surface area contributed by atoms with Crippen molar-refractivity contribution in [2.45, 2.75) is 32.2 Å². The van der Waals surface area contributed by atoms with Crippen LogP contribution in [-0.4, -0.2) is 47.4 Å². The van der Waals surface area contributed by atoms with Gasteiger partial charge in [-0.25, -0.2) is 0 Å². The standard InChI is InChI=1S/C21H21F3N2O4/c1-13-7-8-17(9-14(13)2)30-12-19(27)26-20(28,21(22,23)24)11-18(25-26)15-5-4-6-16(10-15)29-3/h4-10,28H,11-12H2,1-3H3/t20-/m1/s1. The van der Waals surface area contributed by atoms with Gasteiger partial charge in [0.15, 0.2) is 6.61 Å². The number of methoxy groups -OCH3 is 1. The number of alkyl halides is 3.